The molecule has 1 aromatic rings. The first-order chi connectivity index (χ1) is 6.04. The fourth-order valence-corrected chi connectivity index (χ4v) is 1.41. The van der Waals surface area contributed by atoms with Crippen LogP contribution in [-0.2, 0) is 0 Å². The SMILES string of the molecule is Cc1c(Cl)cccc1[C@H](O)[C@@H](C)N. The Morgan fingerprint density at radius 1 is 1.46 bits per heavy atom. The minimum Gasteiger partial charge on any atom is -0.387 e. The van der Waals surface area contributed by atoms with Crippen LogP contribution in [0.1, 0.15) is 24.2 Å². The Morgan fingerprint density at radius 3 is 2.62 bits per heavy atom. The lowest BCUT2D eigenvalue weighted by molar-refractivity contribution is 0.152. The van der Waals surface area contributed by atoms with E-state index in [1.54, 1.807) is 13.0 Å². The van der Waals surface area contributed by atoms with Gasteiger partial charge in [-0.25, -0.2) is 0 Å². The zero-order valence-corrected chi connectivity index (χ0v) is 8.55. The van der Waals surface area contributed by atoms with E-state index in [1.165, 1.54) is 0 Å². The maximum atomic E-state index is 9.72. The van der Waals surface area contributed by atoms with E-state index in [-0.39, 0.29) is 6.04 Å². The van der Waals surface area contributed by atoms with Crippen LogP contribution in [0.2, 0.25) is 5.02 Å². The van der Waals surface area contributed by atoms with Gasteiger partial charge in [-0.3, -0.25) is 0 Å². The van der Waals surface area contributed by atoms with Gasteiger partial charge in [-0.05, 0) is 31.0 Å². The highest BCUT2D eigenvalue weighted by Gasteiger charge is 2.15. The normalized spacial score (nSPS) is 15.5. The Kier molecular flexibility index (Phi) is 3.31. The second-order valence-electron chi connectivity index (χ2n) is 3.26. The Hall–Kier alpha value is -0.570. The quantitative estimate of drug-likeness (QED) is 0.766. The lowest BCUT2D eigenvalue weighted by atomic mass is 9.99. The van der Waals surface area contributed by atoms with E-state index in [2.05, 4.69) is 0 Å². The number of aliphatic hydroxyl groups excluding tert-OH is 1. The lowest BCUT2D eigenvalue weighted by Gasteiger charge is -2.17. The van der Waals surface area contributed by atoms with Gasteiger partial charge < -0.3 is 10.8 Å². The fourth-order valence-electron chi connectivity index (χ4n) is 1.23. The molecule has 0 saturated carbocycles. The van der Waals surface area contributed by atoms with Gasteiger partial charge in [0.15, 0.2) is 0 Å². The third-order valence-electron chi connectivity index (χ3n) is 2.13. The second kappa shape index (κ2) is 4.09. The van der Waals surface area contributed by atoms with E-state index in [1.807, 2.05) is 19.1 Å². The standard InChI is InChI=1S/C10H14ClNO/c1-6-8(10(13)7(2)12)4-3-5-9(6)11/h3-5,7,10,13H,12H2,1-2H3/t7-,10-/m1/s1. The van der Waals surface area contributed by atoms with Crippen molar-refractivity contribution in [1.29, 1.82) is 0 Å². The van der Waals surface area contributed by atoms with Crippen molar-refractivity contribution in [2.24, 2.45) is 5.73 Å². The van der Waals surface area contributed by atoms with Crippen molar-refractivity contribution < 1.29 is 5.11 Å². The molecule has 13 heavy (non-hydrogen) atoms. The van der Waals surface area contributed by atoms with Crippen LogP contribution in [0.4, 0.5) is 0 Å². The average Bonchev–Trinajstić information content (AvgIpc) is 2.08. The molecule has 0 aliphatic heterocycles. The Morgan fingerprint density at radius 2 is 2.08 bits per heavy atom. The molecule has 0 heterocycles. The molecule has 0 unspecified atom stereocenters. The van der Waals surface area contributed by atoms with E-state index in [9.17, 15) is 5.11 Å². The minimum atomic E-state index is -0.640. The molecular formula is C10H14ClNO. The van der Waals surface area contributed by atoms with E-state index in [4.69, 9.17) is 17.3 Å². The minimum absolute atomic E-state index is 0.280. The molecule has 0 spiro atoms. The smallest absolute Gasteiger partial charge is 0.0941 e. The van der Waals surface area contributed by atoms with Crippen LogP contribution < -0.4 is 5.73 Å². The van der Waals surface area contributed by atoms with Gasteiger partial charge >= 0.3 is 0 Å². The van der Waals surface area contributed by atoms with Crippen LogP contribution in [0.5, 0.6) is 0 Å². The molecule has 1 rings (SSSR count). The molecule has 0 radical (unpaired) electrons. The molecule has 2 nitrogen and oxygen atoms in total. The summed E-state index contributed by atoms with van der Waals surface area (Å²) < 4.78 is 0. The molecule has 3 N–H and O–H groups in total. The van der Waals surface area contributed by atoms with Crippen LogP contribution in [-0.4, -0.2) is 11.1 Å². The Balaban J connectivity index is 3.07. The van der Waals surface area contributed by atoms with E-state index in [0.717, 1.165) is 11.1 Å². The summed E-state index contributed by atoms with van der Waals surface area (Å²) >= 11 is 5.91. The summed E-state index contributed by atoms with van der Waals surface area (Å²) in [5.74, 6) is 0. The van der Waals surface area contributed by atoms with Crippen molar-refractivity contribution in [2.75, 3.05) is 0 Å². The van der Waals surface area contributed by atoms with Gasteiger partial charge in [0, 0.05) is 11.1 Å². The van der Waals surface area contributed by atoms with E-state index >= 15 is 0 Å². The lowest BCUT2D eigenvalue weighted by Crippen LogP contribution is -2.24. The molecular weight excluding hydrogens is 186 g/mol. The zero-order valence-electron chi connectivity index (χ0n) is 7.79. The van der Waals surface area contributed by atoms with Crippen LogP contribution in [0.3, 0.4) is 0 Å². The average molecular weight is 200 g/mol. The van der Waals surface area contributed by atoms with E-state index < -0.39 is 6.10 Å². The third kappa shape index (κ3) is 2.21. The van der Waals surface area contributed by atoms with Gasteiger partial charge in [0.05, 0.1) is 6.10 Å². The largest absolute Gasteiger partial charge is 0.387 e. The summed E-state index contributed by atoms with van der Waals surface area (Å²) in [7, 11) is 0. The van der Waals surface area contributed by atoms with Crippen LogP contribution in [0.25, 0.3) is 0 Å². The van der Waals surface area contributed by atoms with Gasteiger partial charge in [-0.15, -0.1) is 0 Å². The number of rotatable bonds is 2. The van der Waals surface area contributed by atoms with Crippen molar-refractivity contribution >= 4 is 11.6 Å². The second-order valence-corrected chi connectivity index (χ2v) is 3.67. The van der Waals surface area contributed by atoms with Crippen LogP contribution in [0.15, 0.2) is 18.2 Å². The molecule has 0 aliphatic carbocycles. The van der Waals surface area contributed by atoms with Crippen molar-refractivity contribution in [3.63, 3.8) is 0 Å². The number of hydrogen-bond donors (Lipinski definition) is 2. The summed E-state index contributed by atoms with van der Waals surface area (Å²) in [6.45, 7) is 3.65. The Bertz CT molecular complexity index is 299. The molecule has 3 heteroatoms. The van der Waals surface area contributed by atoms with Crippen LogP contribution in [0, 0.1) is 6.92 Å². The topological polar surface area (TPSA) is 46.2 Å². The summed E-state index contributed by atoms with van der Waals surface area (Å²) in [6.07, 6.45) is -0.640. The molecule has 0 bridgehead atoms. The van der Waals surface area contributed by atoms with Crippen LogP contribution >= 0.6 is 11.6 Å². The number of hydrogen-bond acceptors (Lipinski definition) is 2. The van der Waals surface area contributed by atoms with E-state index in [0.29, 0.717) is 5.02 Å². The molecule has 0 amide bonds. The Labute approximate surface area is 83.3 Å². The van der Waals surface area contributed by atoms with Gasteiger partial charge in [0.2, 0.25) is 0 Å². The summed E-state index contributed by atoms with van der Waals surface area (Å²) in [5.41, 5.74) is 7.30. The van der Waals surface area contributed by atoms with Gasteiger partial charge in [-0.2, -0.15) is 0 Å². The van der Waals surface area contributed by atoms with Crippen molar-refractivity contribution in [3.05, 3.63) is 34.3 Å². The van der Waals surface area contributed by atoms with Gasteiger partial charge in [0.1, 0.15) is 0 Å². The molecule has 0 saturated heterocycles. The van der Waals surface area contributed by atoms with Gasteiger partial charge in [-0.1, -0.05) is 23.7 Å². The molecule has 2 atom stereocenters. The summed E-state index contributed by atoms with van der Waals surface area (Å²) in [6, 6.07) is 5.18. The predicted octanol–water partition coefficient (Wildman–Crippen LogP) is 2.03. The molecule has 72 valence electrons. The maximum absolute atomic E-state index is 9.72. The fraction of sp³-hybridized carbons (Fsp3) is 0.400. The highest BCUT2D eigenvalue weighted by Crippen LogP contribution is 2.25. The molecule has 0 fully saturated rings. The maximum Gasteiger partial charge on any atom is 0.0941 e. The van der Waals surface area contributed by atoms with Gasteiger partial charge in [0.25, 0.3) is 0 Å². The van der Waals surface area contributed by atoms with Crippen molar-refractivity contribution in [2.45, 2.75) is 26.0 Å². The predicted molar refractivity (Wildman–Crippen MR) is 54.8 cm³/mol. The highest BCUT2D eigenvalue weighted by molar-refractivity contribution is 6.31. The first-order valence-electron chi connectivity index (χ1n) is 4.22. The number of aliphatic hydroxyl groups is 1. The van der Waals surface area contributed by atoms with Crippen molar-refractivity contribution in [1.82, 2.24) is 0 Å². The van der Waals surface area contributed by atoms with Crippen molar-refractivity contribution in [3.8, 4) is 0 Å². The monoisotopic (exact) mass is 199 g/mol. The molecule has 1 aromatic carbocycles. The zero-order chi connectivity index (χ0) is 10.0. The summed E-state index contributed by atoms with van der Waals surface area (Å²) in [4.78, 5) is 0. The number of halogens is 1. The number of nitrogens with two attached hydrogens (primary N) is 1. The summed E-state index contributed by atoms with van der Waals surface area (Å²) in [5, 5.41) is 10.4. The third-order valence-corrected chi connectivity index (χ3v) is 2.54. The molecule has 0 aliphatic rings. The number of benzene rings is 1. The molecule has 0 aromatic heterocycles. The first-order valence-corrected chi connectivity index (χ1v) is 4.60. The highest BCUT2D eigenvalue weighted by atomic mass is 35.5. The first kappa shape index (κ1) is 10.5.